The molecule has 2 aliphatic rings. The summed E-state index contributed by atoms with van der Waals surface area (Å²) in [4.78, 5) is 30.9. The third-order valence-corrected chi connectivity index (χ3v) is 5.62. The molecule has 0 radical (unpaired) electrons. The highest BCUT2D eigenvalue weighted by atomic mass is 16.5. The van der Waals surface area contributed by atoms with E-state index in [0.29, 0.717) is 50.7 Å². The molecule has 3 heterocycles. The van der Waals surface area contributed by atoms with Gasteiger partial charge in [0.05, 0.1) is 26.9 Å². The van der Waals surface area contributed by atoms with Gasteiger partial charge in [-0.1, -0.05) is 0 Å². The lowest BCUT2D eigenvalue weighted by molar-refractivity contribution is -0.135. The van der Waals surface area contributed by atoms with Crippen molar-refractivity contribution >= 4 is 16.9 Å². The predicted octanol–water partition coefficient (Wildman–Crippen LogP) is 0.778. The SMILES string of the molecule is COc1ccc2c(CN3CCN(C(=O)CN4CCOCC4)CC3)cc(=O)oc2c1. The van der Waals surface area contributed by atoms with Gasteiger partial charge in [0.2, 0.25) is 5.91 Å². The third-order valence-electron chi connectivity index (χ3n) is 5.62. The molecule has 0 spiro atoms. The van der Waals surface area contributed by atoms with E-state index < -0.39 is 0 Å². The van der Waals surface area contributed by atoms with E-state index in [4.69, 9.17) is 13.9 Å². The van der Waals surface area contributed by atoms with Gasteiger partial charge >= 0.3 is 5.63 Å². The van der Waals surface area contributed by atoms with E-state index in [1.54, 1.807) is 19.2 Å². The largest absolute Gasteiger partial charge is 0.497 e. The molecular formula is C21H27N3O5. The molecule has 1 amide bonds. The standard InChI is InChI=1S/C21H27N3O5/c1-27-17-2-3-18-16(12-21(26)29-19(18)13-17)14-22-4-6-24(7-5-22)20(25)15-23-8-10-28-11-9-23/h2-3,12-13H,4-11,14-15H2,1H3. The second-order valence-corrected chi connectivity index (χ2v) is 7.50. The average Bonchev–Trinajstić information content (AvgIpc) is 2.74. The number of nitrogens with zero attached hydrogens (tertiary/aromatic N) is 3. The Balaban J connectivity index is 1.37. The zero-order chi connectivity index (χ0) is 20.2. The van der Waals surface area contributed by atoms with E-state index in [9.17, 15) is 9.59 Å². The van der Waals surface area contributed by atoms with Crippen LogP contribution in [0.1, 0.15) is 5.56 Å². The maximum Gasteiger partial charge on any atom is 0.336 e. The fourth-order valence-electron chi connectivity index (χ4n) is 3.91. The number of fused-ring (bicyclic) bond motifs is 1. The van der Waals surface area contributed by atoms with Crippen molar-refractivity contribution in [1.82, 2.24) is 14.7 Å². The van der Waals surface area contributed by atoms with Gasteiger partial charge in [0.15, 0.2) is 0 Å². The van der Waals surface area contributed by atoms with Gasteiger partial charge in [0.1, 0.15) is 11.3 Å². The number of amides is 1. The molecule has 2 aliphatic heterocycles. The highest BCUT2D eigenvalue weighted by molar-refractivity contribution is 5.81. The molecule has 8 heteroatoms. The van der Waals surface area contributed by atoms with Crippen molar-refractivity contribution in [2.24, 2.45) is 0 Å². The van der Waals surface area contributed by atoms with Crippen LogP contribution in [0, 0.1) is 0 Å². The summed E-state index contributed by atoms with van der Waals surface area (Å²) in [6.07, 6.45) is 0. The Bertz CT molecular complexity index is 914. The number of benzene rings is 1. The summed E-state index contributed by atoms with van der Waals surface area (Å²) in [6, 6.07) is 7.09. The number of carbonyl (C=O) groups excluding carboxylic acids is 1. The lowest BCUT2D eigenvalue weighted by Gasteiger charge is -2.36. The van der Waals surface area contributed by atoms with Gasteiger partial charge < -0.3 is 18.8 Å². The molecule has 2 saturated heterocycles. The molecule has 2 fully saturated rings. The van der Waals surface area contributed by atoms with Crippen molar-refractivity contribution in [2.75, 3.05) is 66.1 Å². The predicted molar refractivity (Wildman–Crippen MR) is 108 cm³/mol. The van der Waals surface area contributed by atoms with Gasteiger partial charge in [-0.2, -0.15) is 0 Å². The van der Waals surface area contributed by atoms with E-state index in [-0.39, 0.29) is 11.5 Å². The number of hydrogen-bond acceptors (Lipinski definition) is 7. The summed E-state index contributed by atoms with van der Waals surface area (Å²) in [6.45, 7) is 7.14. The lowest BCUT2D eigenvalue weighted by atomic mass is 10.1. The van der Waals surface area contributed by atoms with Crippen molar-refractivity contribution in [1.29, 1.82) is 0 Å². The van der Waals surface area contributed by atoms with Crippen LogP contribution in [0.15, 0.2) is 33.5 Å². The summed E-state index contributed by atoms with van der Waals surface area (Å²) in [5.74, 6) is 0.842. The minimum atomic E-state index is -0.361. The van der Waals surface area contributed by atoms with Gasteiger partial charge in [0.25, 0.3) is 0 Å². The Morgan fingerprint density at radius 2 is 1.79 bits per heavy atom. The first-order valence-electron chi connectivity index (χ1n) is 10.0. The van der Waals surface area contributed by atoms with E-state index >= 15 is 0 Å². The zero-order valence-electron chi connectivity index (χ0n) is 16.8. The highest BCUT2D eigenvalue weighted by Gasteiger charge is 2.24. The number of piperazine rings is 1. The van der Waals surface area contributed by atoms with Crippen molar-refractivity contribution in [2.45, 2.75) is 6.54 Å². The smallest absolute Gasteiger partial charge is 0.336 e. The van der Waals surface area contributed by atoms with Crippen molar-refractivity contribution in [3.63, 3.8) is 0 Å². The van der Waals surface area contributed by atoms with Crippen molar-refractivity contribution in [3.8, 4) is 5.75 Å². The quantitative estimate of drug-likeness (QED) is 0.686. The molecule has 4 rings (SSSR count). The van der Waals surface area contributed by atoms with Crippen molar-refractivity contribution < 1.29 is 18.7 Å². The van der Waals surface area contributed by atoms with Crippen LogP contribution in [0.5, 0.6) is 5.75 Å². The van der Waals surface area contributed by atoms with Crippen LogP contribution in [0.3, 0.4) is 0 Å². The van der Waals surface area contributed by atoms with Gasteiger partial charge in [-0.3, -0.25) is 14.6 Å². The molecule has 8 nitrogen and oxygen atoms in total. The van der Waals surface area contributed by atoms with Gasteiger partial charge in [-0.15, -0.1) is 0 Å². The summed E-state index contributed by atoms with van der Waals surface area (Å²) >= 11 is 0. The van der Waals surface area contributed by atoms with Crippen LogP contribution < -0.4 is 10.4 Å². The topological polar surface area (TPSA) is 75.5 Å². The maximum atomic E-state index is 12.6. The molecule has 0 unspecified atom stereocenters. The van der Waals surface area contributed by atoms with Gasteiger partial charge in [-0.25, -0.2) is 4.79 Å². The summed E-state index contributed by atoms with van der Waals surface area (Å²) in [7, 11) is 1.59. The van der Waals surface area contributed by atoms with Gasteiger partial charge in [0, 0.05) is 63.3 Å². The van der Waals surface area contributed by atoms with E-state index in [2.05, 4.69) is 9.80 Å². The summed E-state index contributed by atoms with van der Waals surface area (Å²) in [5.41, 5.74) is 1.11. The molecule has 2 aromatic rings. The second-order valence-electron chi connectivity index (χ2n) is 7.50. The van der Waals surface area contributed by atoms with Gasteiger partial charge in [-0.05, 0) is 17.7 Å². The fourth-order valence-corrected chi connectivity index (χ4v) is 3.91. The van der Waals surface area contributed by atoms with Crippen LogP contribution in [0.4, 0.5) is 0 Å². The van der Waals surface area contributed by atoms with E-state index in [0.717, 1.165) is 37.1 Å². The van der Waals surface area contributed by atoms with Crippen molar-refractivity contribution in [3.05, 3.63) is 40.2 Å². The van der Waals surface area contributed by atoms with Crippen LogP contribution in [-0.4, -0.2) is 86.7 Å². The van der Waals surface area contributed by atoms with Crippen LogP contribution in [0.25, 0.3) is 11.0 Å². The Kier molecular flexibility index (Phi) is 6.13. The summed E-state index contributed by atoms with van der Waals surface area (Å²) in [5, 5.41) is 0.913. The number of ether oxygens (including phenoxy) is 2. The number of methoxy groups -OCH3 is 1. The maximum absolute atomic E-state index is 12.6. The molecule has 1 aromatic carbocycles. The molecule has 0 N–H and O–H groups in total. The van der Waals surface area contributed by atoms with E-state index in [1.165, 1.54) is 0 Å². The first kappa shape index (κ1) is 19.9. The Hall–Kier alpha value is -2.42. The molecule has 29 heavy (non-hydrogen) atoms. The number of hydrogen-bond donors (Lipinski definition) is 0. The minimum Gasteiger partial charge on any atom is -0.497 e. The first-order chi connectivity index (χ1) is 14.1. The first-order valence-corrected chi connectivity index (χ1v) is 10.0. The highest BCUT2D eigenvalue weighted by Crippen LogP contribution is 2.23. The molecule has 0 saturated carbocycles. The lowest BCUT2D eigenvalue weighted by Crippen LogP contribution is -2.52. The molecule has 0 aliphatic carbocycles. The monoisotopic (exact) mass is 401 g/mol. The third kappa shape index (κ3) is 4.77. The average molecular weight is 401 g/mol. The second kappa shape index (κ2) is 8.94. The Labute approximate surface area is 169 Å². The Morgan fingerprint density at radius 3 is 2.52 bits per heavy atom. The van der Waals surface area contributed by atoms with Crippen LogP contribution >= 0.6 is 0 Å². The van der Waals surface area contributed by atoms with Crippen LogP contribution in [-0.2, 0) is 16.1 Å². The molecular weight excluding hydrogens is 374 g/mol. The number of carbonyl (C=O) groups is 1. The molecule has 1 aromatic heterocycles. The number of morpholine rings is 1. The fraction of sp³-hybridized carbons (Fsp3) is 0.524. The molecule has 156 valence electrons. The molecule has 0 bridgehead atoms. The number of rotatable bonds is 5. The normalized spacial score (nSPS) is 18.9. The molecule has 0 atom stereocenters. The zero-order valence-corrected chi connectivity index (χ0v) is 16.8. The summed E-state index contributed by atoms with van der Waals surface area (Å²) < 4.78 is 15.9. The van der Waals surface area contributed by atoms with Crippen LogP contribution in [0.2, 0.25) is 0 Å². The minimum absolute atomic E-state index is 0.185. The van der Waals surface area contributed by atoms with E-state index in [1.807, 2.05) is 17.0 Å². The Morgan fingerprint density at radius 1 is 1.03 bits per heavy atom.